The van der Waals surface area contributed by atoms with E-state index in [2.05, 4.69) is 4.74 Å². The van der Waals surface area contributed by atoms with Crippen LogP contribution in [0.1, 0.15) is 23.6 Å². The summed E-state index contributed by atoms with van der Waals surface area (Å²) < 4.78 is 65.6. The molecule has 1 atom stereocenters. The van der Waals surface area contributed by atoms with E-state index in [4.69, 9.17) is 5.73 Å². The highest BCUT2D eigenvalue weighted by Crippen LogP contribution is 2.30. The molecule has 0 aliphatic carbocycles. The summed E-state index contributed by atoms with van der Waals surface area (Å²) >= 11 is 0. The number of hydrogen-bond acceptors (Lipinski definition) is 2. The van der Waals surface area contributed by atoms with Crippen LogP contribution in [0.15, 0.2) is 24.3 Å². The second-order valence-electron chi connectivity index (χ2n) is 3.98. The van der Waals surface area contributed by atoms with Crippen LogP contribution < -0.4 is 5.73 Å². The Kier molecular flexibility index (Phi) is 5.68. The quantitative estimate of drug-likeness (QED) is 0.641. The lowest BCUT2D eigenvalue weighted by Gasteiger charge is -2.14. The van der Waals surface area contributed by atoms with E-state index in [-0.39, 0.29) is 13.0 Å². The fourth-order valence-electron chi connectivity index (χ4n) is 1.50. The van der Waals surface area contributed by atoms with Gasteiger partial charge in [0, 0.05) is 12.6 Å². The summed E-state index contributed by atoms with van der Waals surface area (Å²) in [5.41, 5.74) is 5.21. The van der Waals surface area contributed by atoms with Gasteiger partial charge in [0.05, 0.1) is 5.56 Å². The van der Waals surface area contributed by atoms with Gasteiger partial charge in [-0.25, -0.2) is 8.78 Å². The van der Waals surface area contributed by atoms with Crippen molar-refractivity contribution in [1.29, 1.82) is 0 Å². The van der Waals surface area contributed by atoms with Crippen LogP contribution in [0.2, 0.25) is 0 Å². The first-order valence-corrected chi connectivity index (χ1v) is 5.59. The minimum atomic E-state index is -4.43. The highest BCUT2D eigenvalue weighted by atomic mass is 19.4. The molecule has 0 saturated carbocycles. The first-order chi connectivity index (χ1) is 8.80. The van der Waals surface area contributed by atoms with Gasteiger partial charge in [-0.15, -0.1) is 0 Å². The van der Waals surface area contributed by atoms with Crippen LogP contribution in [-0.2, 0) is 10.9 Å². The standard InChI is InChI=1S/C12H14F5NO/c13-11(14)7-19-5-4-10(18)8-2-1-3-9(6-8)12(15,16)17/h1-3,6,10-11H,4-5,7,18H2. The van der Waals surface area contributed by atoms with E-state index < -0.39 is 30.8 Å². The molecular weight excluding hydrogens is 269 g/mol. The molecule has 19 heavy (non-hydrogen) atoms. The molecule has 1 aromatic carbocycles. The third kappa shape index (κ3) is 5.52. The van der Waals surface area contributed by atoms with Crippen molar-refractivity contribution >= 4 is 0 Å². The number of hydrogen-bond donors (Lipinski definition) is 1. The largest absolute Gasteiger partial charge is 0.416 e. The summed E-state index contributed by atoms with van der Waals surface area (Å²) in [7, 11) is 0. The van der Waals surface area contributed by atoms with E-state index in [1.807, 2.05) is 0 Å². The average molecular weight is 283 g/mol. The number of halogens is 5. The Morgan fingerprint density at radius 1 is 1.21 bits per heavy atom. The van der Waals surface area contributed by atoms with Crippen molar-refractivity contribution in [2.24, 2.45) is 5.73 Å². The first kappa shape index (κ1) is 15.8. The second kappa shape index (κ2) is 6.81. The van der Waals surface area contributed by atoms with Crippen LogP contribution in [0.3, 0.4) is 0 Å². The third-order valence-corrected chi connectivity index (χ3v) is 2.46. The molecule has 1 unspecified atom stereocenters. The predicted octanol–water partition coefficient (Wildman–Crippen LogP) is 3.38. The molecule has 0 radical (unpaired) electrons. The number of nitrogens with two attached hydrogens (primary N) is 1. The molecule has 0 amide bonds. The Morgan fingerprint density at radius 2 is 1.89 bits per heavy atom. The molecule has 0 heterocycles. The molecule has 1 aromatic rings. The normalized spacial score (nSPS) is 13.8. The van der Waals surface area contributed by atoms with Gasteiger partial charge in [0.2, 0.25) is 0 Å². The molecule has 2 N–H and O–H groups in total. The minimum absolute atomic E-state index is 0.0260. The van der Waals surface area contributed by atoms with Crippen LogP contribution in [0.4, 0.5) is 22.0 Å². The van der Waals surface area contributed by atoms with Crippen LogP contribution >= 0.6 is 0 Å². The maximum Gasteiger partial charge on any atom is 0.416 e. The highest BCUT2D eigenvalue weighted by molar-refractivity contribution is 5.27. The molecule has 0 aromatic heterocycles. The molecule has 0 aliphatic rings. The van der Waals surface area contributed by atoms with Crippen LogP contribution in [0, 0.1) is 0 Å². The molecule has 1 rings (SSSR count). The molecule has 0 bridgehead atoms. The minimum Gasteiger partial charge on any atom is -0.375 e. The zero-order valence-electron chi connectivity index (χ0n) is 9.96. The van der Waals surface area contributed by atoms with Crippen LogP contribution in [0.25, 0.3) is 0 Å². The molecule has 0 aliphatic heterocycles. The van der Waals surface area contributed by atoms with Gasteiger partial charge in [0.15, 0.2) is 0 Å². The van der Waals surface area contributed by atoms with E-state index in [0.29, 0.717) is 5.56 Å². The van der Waals surface area contributed by atoms with Crippen LogP contribution in [0.5, 0.6) is 0 Å². The van der Waals surface area contributed by atoms with Gasteiger partial charge in [-0.05, 0) is 24.1 Å². The van der Waals surface area contributed by atoms with Gasteiger partial charge < -0.3 is 10.5 Å². The molecule has 0 saturated heterocycles. The van der Waals surface area contributed by atoms with E-state index in [0.717, 1.165) is 12.1 Å². The van der Waals surface area contributed by atoms with E-state index >= 15 is 0 Å². The van der Waals surface area contributed by atoms with E-state index in [9.17, 15) is 22.0 Å². The van der Waals surface area contributed by atoms with Gasteiger partial charge >= 0.3 is 6.18 Å². The monoisotopic (exact) mass is 283 g/mol. The summed E-state index contributed by atoms with van der Waals surface area (Å²) in [5, 5.41) is 0. The van der Waals surface area contributed by atoms with E-state index in [1.54, 1.807) is 0 Å². The summed E-state index contributed by atoms with van der Waals surface area (Å²) in [6.07, 6.45) is -6.82. The fourth-order valence-corrected chi connectivity index (χ4v) is 1.50. The average Bonchev–Trinajstić information content (AvgIpc) is 2.33. The predicted molar refractivity (Wildman–Crippen MR) is 59.8 cm³/mol. The molecule has 7 heteroatoms. The lowest BCUT2D eigenvalue weighted by Crippen LogP contribution is -2.16. The van der Waals surface area contributed by atoms with Gasteiger partial charge in [-0.1, -0.05) is 12.1 Å². The second-order valence-corrected chi connectivity index (χ2v) is 3.98. The Balaban J connectivity index is 2.55. The van der Waals surface area contributed by atoms with Crippen molar-refractivity contribution in [3.05, 3.63) is 35.4 Å². The molecule has 0 fully saturated rings. The molecule has 2 nitrogen and oxygen atoms in total. The summed E-state index contributed by atoms with van der Waals surface area (Å²) in [5.74, 6) is 0. The lowest BCUT2D eigenvalue weighted by molar-refractivity contribution is -0.137. The molecule has 0 spiro atoms. The van der Waals surface area contributed by atoms with Crippen molar-refractivity contribution in [3.63, 3.8) is 0 Å². The Bertz CT molecular complexity index is 394. The Morgan fingerprint density at radius 3 is 2.47 bits per heavy atom. The van der Waals surface area contributed by atoms with Crippen LogP contribution in [-0.4, -0.2) is 19.6 Å². The van der Waals surface area contributed by atoms with Crippen molar-refractivity contribution < 1.29 is 26.7 Å². The first-order valence-electron chi connectivity index (χ1n) is 5.59. The highest BCUT2D eigenvalue weighted by Gasteiger charge is 2.30. The summed E-state index contributed by atoms with van der Waals surface area (Å²) in [6.45, 7) is -0.725. The van der Waals surface area contributed by atoms with Gasteiger partial charge in [-0.2, -0.15) is 13.2 Å². The summed E-state index contributed by atoms with van der Waals surface area (Å²) in [6, 6.07) is 3.95. The van der Waals surface area contributed by atoms with Gasteiger partial charge in [0.1, 0.15) is 6.61 Å². The summed E-state index contributed by atoms with van der Waals surface area (Å²) in [4.78, 5) is 0. The topological polar surface area (TPSA) is 35.2 Å². The number of benzene rings is 1. The number of rotatable bonds is 6. The van der Waals surface area contributed by atoms with Crippen molar-refractivity contribution in [3.8, 4) is 0 Å². The zero-order chi connectivity index (χ0) is 14.5. The fraction of sp³-hybridized carbons (Fsp3) is 0.500. The molecule has 108 valence electrons. The maximum absolute atomic E-state index is 12.5. The Hall–Kier alpha value is -1.21. The maximum atomic E-state index is 12.5. The van der Waals surface area contributed by atoms with Crippen molar-refractivity contribution in [2.75, 3.05) is 13.2 Å². The SMILES string of the molecule is NC(CCOCC(F)F)c1cccc(C(F)(F)F)c1. The number of alkyl halides is 5. The molecular formula is C12H14F5NO. The Labute approximate surface area is 107 Å². The smallest absolute Gasteiger partial charge is 0.375 e. The van der Waals surface area contributed by atoms with Gasteiger partial charge in [-0.3, -0.25) is 0 Å². The lowest BCUT2D eigenvalue weighted by atomic mass is 10.0. The zero-order valence-corrected chi connectivity index (χ0v) is 9.96. The van der Waals surface area contributed by atoms with E-state index in [1.165, 1.54) is 12.1 Å². The third-order valence-electron chi connectivity index (χ3n) is 2.46. The van der Waals surface area contributed by atoms with Gasteiger partial charge in [0.25, 0.3) is 6.43 Å². The van der Waals surface area contributed by atoms with Crippen molar-refractivity contribution in [2.45, 2.75) is 25.1 Å². The van der Waals surface area contributed by atoms with Crippen molar-refractivity contribution in [1.82, 2.24) is 0 Å². The number of ether oxygens (including phenoxy) is 1.